The Bertz CT molecular complexity index is 1610. The largest absolute Gasteiger partial charge is 0.490 e. The summed E-state index contributed by atoms with van der Waals surface area (Å²) in [5.74, 6) is -1.73. The SMILES string of the molecule is CCN/N=C(\C(=O)Nc1ccc(F)cc1)C(=O)Nc1ccc(Oc2ccnc3cc(OCC)c(OCC)cc23)c(F)c1. The number of aromatic nitrogens is 1. The molecule has 3 N–H and O–H groups in total. The maximum Gasteiger partial charge on any atom is 0.281 e. The number of carbonyl (C=O) groups excluding carboxylic acids is 2. The second-order valence-corrected chi connectivity index (χ2v) is 8.63. The Labute approximate surface area is 240 Å². The van der Waals surface area contributed by atoms with E-state index in [0.717, 1.165) is 18.2 Å². The molecule has 10 nitrogen and oxygen atoms in total. The summed E-state index contributed by atoms with van der Waals surface area (Å²) in [7, 11) is 0. The minimum Gasteiger partial charge on any atom is -0.490 e. The molecule has 1 heterocycles. The fourth-order valence-electron chi connectivity index (χ4n) is 3.81. The third-order valence-corrected chi connectivity index (χ3v) is 5.66. The Hall–Kier alpha value is -5.26. The molecule has 12 heteroatoms. The quantitative estimate of drug-likeness (QED) is 0.113. The van der Waals surface area contributed by atoms with Gasteiger partial charge in [0.25, 0.3) is 11.8 Å². The molecule has 2 amide bonds. The molecule has 0 radical (unpaired) electrons. The minimum atomic E-state index is -0.891. The molecule has 0 unspecified atom stereocenters. The first-order valence-electron chi connectivity index (χ1n) is 13.2. The van der Waals surface area contributed by atoms with Crippen molar-refractivity contribution in [2.75, 3.05) is 30.4 Å². The summed E-state index contributed by atoms with van der Waals surface area (Å²) in [6.07, 6.45) is 1.53. The summed E-state index contributed by atoms with van der Waals surface area (Å²) >= 11 is 0. The number of amides is 2. The lowest BCUT2D eigenvalue weighted by Gasteiger charge is -2.15. The van der Waals surface area contributed by atoms with Gasteiger partial charge in [0.05, 0.1) is 18.7 Å². The predicted molar refractivity (Wildman–Crippen MR) is 155 cm³/mol. The Morgan fingerprint density at radius 2 is 1.43 bits per heavy atom. The van der Waals surface area contributed by atoms with E-state index in [-0.39, 0.29) is 17.1 Å². The number of hydrazone groups is 1. The van der Waals surface area contributed by atoms with E-state index < -0.39 is 29.2 Å². The number of hydrogen-bond donors (Lipinski definition) is 3. The molecule has 0 aliphatic rings. The molecule has 0 bridgehead atoms. The number of pyridine rings is 1. The van der Waals surface area contributed by atoms with Gasteiger partial charge in [-0.3, -0.25) is 14.6 Å². The van der Waals surface area contributed by atoms with Crippen LogP contribution in [0.5, 0.6) is 23.0 Å². The van der Waals surface area contributed by atoms with E-state index >= 15 is 4.39 Å². The number of halogens is 2. The molecular weight excluding hydrogens is 548 g/mol. The van der Waals surface area contributed by atoms with Crippen LogP contribution in [0.1, 0.15) is 20.8 Å². The number of ether oxygens (including phenoxy) is 3. The molecule has 3 aromatic carbocycles. The summed E-state index contributed by atoms with van der Waals surface area (Å²) in [6.45, 7) is 6.63. The standard InChI is InChI=1S/C30H29F2N5O5/c1-4-34-37-28(29(38)35-19-9-7-18(31)8-10-19)30(39)36-20-11-12-25(22(32)15-20)42-24-13-14-33-23-17-27(41-6-3)26(40-5-2)16-21(23)24/h7-17,34H,4-6H2,1-3H3,(H,35,38)(H,36,39)/b37-28+. The highest BCUT2D eigenvalue weighted by atomic mass is 19.1. The first kappa shape index (κ1) is 29.7. The van der Waals surface area contributed by atoms with Gasteiger partial charge in [-0.15, -0.1) is 0 Å². The normalized spacial score (nSPS) is 11.1. The van der Waals surface area contributed by atoms with Crippen LogP contribution in [0.2, 0.25) is 0 Å². The summed E-state index contributed by atoms with van der Waals surface area (Å²) in [5.41, 5.74) is 2.94. The number of benzene rings is 3. The van der Waals surface area contributed by atoms with E-state index in [1.807, 2.05) is 13.8 Å². The molecule has 4 rings (SSSR count). The van der Waals surface area contributed by atoms with E-state index in [4.69, 9.17) is 14.2 Å². The maximum atomic E-state index is 15.1. The van der Waals surface area contributed by atoms with Crippen molar-refractivity contribution < 1.29 is 32.6 Å². The first-order valence-corrected chi connectivity index (χ1v) is 13.2. The average molecular weight is 578 g/mol. The third kappa shape index (κ3) is 7.27. The van der Waals surface area contributed by atoms with Gasteiger partial charge in [-0.25, -0.2) is 8.78 Å². The van der Waals surface area contributed by atoms with Gasteiger partial charge in [-0.1, -0.05) is 0 Å². The van der Waals surface area contributed by atoms with Gasteiger partial charge in [0, 0.05) is 41.6 Å². The van der Waals surface area contributed by atoms with Crippen molar-refractivity contribution >= 4 is 39.8 Å². The first-order chi connectivity index (χ1) is 20.3. The van der Waals surface area contributed by atoms with Gasteiger partial charge in [0.1, 0.15) is 11.6 Å². The van der Waals surface area contributed by atoms with Gasteiger partial charge in [0.15, 0.2) is 23.1 Å². The lowest BCUT2D eigenvalue weighted by Crippen LogP contribution is -2.36. The van der Waals surface area contributed by atoms with Crippen molar-refractivity contribution in [3.8, 4) is 23.0 Å². The van der Waals surface area contributed by atoms with Crippen molar-refractivity contribution in [3.63, 3.8) is 0 Å². The van der Waals surface area contributed by atoms with Crippen LogP contribution in [0, 0.1) is 11.6 Å². The van der Waals surface area contributed by atoms with Gasteiger partial charge in [-0.2, -0.15) is 5.10 Å². The maximum absolute atomic E-state index is 15.1. The van der Waals surface area contributed by atoms with Crippen LogP contribution in [0.4, 0.5) is 20.2 Å². The Kier molecular flexibility index (Phi) is 9.82. The smallest absolute Gasteiger partial charge is 0.281 e. The van der Waals surface area contributed by atoms with E-state index in [2.05, 4.69) is 26.1 Å². The van der Waals surface area contributed by atoms with E-state index in [1.54, 1.807) is 25.1 Å². The summed E-state index contributed by atoms with van der Waals surface area (Å²) in [5, 5.41) is 9.36. The Morgan fingerprint density at radius 1 is 0.786 bits per heavy atom. The second kappa shape index (κ2) is 13.9. The molecule has 0 saturated carbocycles. The molecule has 0 spiro atoms. The fraction of sp³-hybridized carbons (Fsp3) is 0.200. The lowest BCUT2D eigenvalue weighted by atomic mass is 10.1. The van der Waals surface area contributed by atoms with Crippen LogP contribution in [-0.4, -0.2) is 42.3 Å². The minimum absolute atomic E-state index is 0.0585. The van der Waals surface area contributed by atoms with Crippen LogP contribution in [0.15, 0.2) is 72.0 Å². The highest BCUT2D eigenvalue weighted by molar-refractivity contribution is 6.69. The number of anilines is 2. The van der Waals surface area contributed by atoms with Gasteiger partial charge in [-0.05, 0) is 69.3 Å². The Morgan fingerprint density at radius 3 is 2.07 bits per heavy atom. The van der Waals surface area contributed by atoms with Gasteiger partial charge < -0.3 is 30.3 Å². The summed E-state index contributed by atoms with van der Waals surface area (Å²) in [6, 6.07) is 13.9. The van der Waals surface area contributed by atoms with Crippen LogP contribution < -0.4 is 30.3 Å². The van der Waals surface area contributed by atoms with Crippen molar-refractivity contribution in [2.45, 2.75) is 20.8 Å². The Balaban J connectivity index is 1.53. The summed E-state index contributed by atoms with van der Waals surface area (Å²) < 4.78 is 45.6. The number of nitrogens with zero attached hydrogens (tertiary/aromatic N) is 2. The molecule has 1 aromatic heterocycles. The zero-order valence-electron chi connectivity index (χ0n) is 23.2. The monoisotopic (exact) mass is 577 g/mol. The van der Waals surface area contributed by atoms with E-state index in [0.29, 0.717) is 47.9 Å². The number of rotatable bonds is 12. The molecular formula is C30H29F2N5O5. The van der Waals surface area contributed by atoms with Crippen molar-refractivity contribution in [1.82, 2.24) is 10.4 Å². The highest BCUT2D eigenvalue weighted by Crippen LogP contribution is 2.38. The van der Waals surface area contributed by atoms with Crippen LogP contribution in [0.3, 0.4) is 0 Å². The molecule has 0 fully saturated rings. The summed E-state index contributed by atoms with van der Waals surface area (Å²) in [4.78, 5) is 30.0. The second-order valence-electron chi connectivity index (χ2n) is 8.63. The third-order valence-electron chi connectivity index (χ3n) is 5.66. The number of fused-ring (bicyclic) bond motifs is 1. The number of nitrogens with one attached hydrogen (secondary N) is 3. The predicted octanol–water partition coefficient (Wildman–Crippen LogP) is 5.65. The highest BCUT2D eigenvalue weighted by Gasteiger charge is 2.22. The molecule has 42 heavy (non-hydrogen) atoms. The van der Waals surface area contributed by atoms with Crippen molar-refractivity contribution in [3.05, 3.63) is 78.5 Å². The zero-order valence-corrected chi connectivity index (χ0v) is 23.2. The van der Waals surface area contributed by atoms with Crippen molar-refractivity contribution in [1.29, 1.82) is 0 Å². The molecule has 0 aliphatic carbocycles. The molecule has 218 valence electrons. The molecule has 0 aliphatic heterocycles. The number of carbonyl (C=O) groups is 2. The van der Waals surface area contributed by atoms with Crippen LogP contribution in [0.25, 0.3) is 10.9 Å². The zero-order chi connectivity index (χ0) is 30.1. The topological polar surface area (TPSA) is 123 Å². The van der Waals surface area contributed by atoms with E-state index in [9.17, 15) is 14.0 Å². The number of hydrogen-bond acceptors (Lipinski definition) is 8. The lowest BCUT2D eigenvalue weighted by molar-refractivity contribution is -0.114. The average Bonchev–Trinajstić information content (AvgIpc) is 2.97. The van der Waals surface area contributed by atoms with Gasteiger partial charge >= 0.3 is 0 Å². The van der Waals surface area contributed by atoms with Crippen molar-refractivity contribution in [2.24, 2.45) is 5.10 Å². The molecule has 0 atom stereocenters. The van der Waals surface area contributed by atoms with Crippen LogP contribution >= 0.6 is 0 Å². The fourth-order valence-corrected chi connectivity index (χ4v) is 3.81. The molecule has 0 saturated heterocycles. The van der Waals surface area contributed by atoms with Crippen LogP contribution in [-0.2, 0) is 9.59 Å². The molecule has 4 aromatic rings. The van der Waals surface area contributed by atoms with E-state index in [1.165, 1.54) is 30.5 Å². The van der Waals surface area contributed by atoms with Gasteiger partial charge in [0.2, 0.25) is 5.71 Å².